The molecule has 2 aliphatic heterocycles. The Balaban J connectivity index is 1.80. The van der Waals surface area contributed by atoms with Gasteiger partial charge in [0.05, 0.1) is 11.8 Å². The number of rotatable bonds is 2. The predicted molar refractivity (Wildman–Crippen MR) is 69.3 cm³/mol. The van der Waals surface area contributed by atoms with Gasteiger partial charge in [-0.15, -0.1) is 0 Å². The third-order valence-electron chi connectivity index (χ3n) is 3.93. The standard InChI is InChI=1S/C12H19N3O3S/c16-19(17)8-4-2-6-10(19)12-14-11(15-18-12)9-5-1-3-7-13-9/h9-10,13H,1-8H2. The van der Waals surface area contributed by atoms with Crippen LogP contribution in [0.3, 0.4) is 0 Å². The van der Waals surface area contributed by atoms with Gasteiger partial charge in [-0.25, -0.2) is 8.42 Å². The smallest absolute Gasteiger partial charge is 0.245 e. The molecule has 3 rings (SSSR count). The molecule has 2 unspecified atom stereocenters. The highest BCUT2D eigenvalue weighted by atomic mass is 32.2. The van der Waals surface area contributed by atoms with Crippen molar-refractivity contribution >= 4 is 9.84 Å². The molecule has 1 aromatic rings. The molecule has 0 bridgehead atoms. The Labute approximate surface area is 112 Å². The van der Waals surface area contributed by atoms with E-state index >= 15 is 0 Å². The Hall–Kier alpha value is -0.950. The number of nitrogens with one attached hydrogen (secondary N) is 1. The zero-order valence-electron chi connectivity index (χ0n) is 10.8. The maximum atomic E-state index is 12.0. The molecule has 7 heteroatoms. The summed E-state index contributed by atoms with van der Waals surface area (Å²) >= 11 is 0. The van der Waals surface area contributed by atoms with Gasteiger partial charge in [0.1, 0.15) is 5.25 Å². The van der Waals surface area contributed by atoms with E-state index < -0.39 is 15.1 Å². The molecule has 0 aliphatic carbocycles. The van der Waals surface area contributed by atoms with Gasteiger partial charge in [-0.3, -0.25) is 0 Å². The van der Waals surface area contributed by atoms with Crippen LogP contribution in [0.2, 0.25) is 0 Å². The molecule has 2 saturated heterocycles. The molecule has 3 heterocycles. The van der Waals surface area contributed by atoms with Crippen LogP contribution in [0.15, 0.2) is 4.52 Å². The van der Waals surface area contributed by atoms with Crippen molar-refractivity contribution in [2.45, 2.75) is 49.8 Å². The van der Waals surface area contributed by atoms with Gasteiger partial charge in [-0.05, 0) is 32.2 Å². The van der Waals surface area contributed by atoms with Gasteiger partial charge in [0, 0.05) is 0 Å². The zero-order chi connectivity index (χ0) is 13.3. The molecule has 0 aromatic carbocycles. The second-order valence-corrected chi connectivity index (χ2v) is 7.65. The van der Waals surface area contributed by atoms with Crippen molar-refractivity contribution in [1.29, 1.82) is 0 Å². The minimum Gasteiger partial charge on any atom is -0.338 e. The molecule has 6 nitrogen and oxygen atoms in total. The molecule has 0 spiro atoms. The van der Waals surface area contributed by atoms with Crippen LogP contribution >= 0.6 is 0 Å². The fourth-order valence-electron chi connectivity index (χ4n) is 2.82. The summed E-state index contributed by atoms with van der Waals surface area (Å²) in [5.74, 6) is 1.12. The lowest BCUT2D eigenvalue weighted by Crippen LogP contribution is -2.27. The first-order chi connectivity index (χ1) is 9.17. The first-order valence-corrected chi connectivity index (χ1v) is 8.67. The molecule has 2 fully saturated rings. The molecule has 0 saturated carbocycles. The Kier molecular flexibility index (Phi) is 3.58. The van der Waals surface area contributed by atoms with E-state index in [0.717, 1.165) is 38.6 Å². The first-order valence-electron chi connectivity index (χ1n) is 6.95. The lowest BCUT2D eigenvalue weighted by Gasteiger charge is -2.20. The normalized spacial score (nSPS) is 31.2. The molecular weight excluding hydrogens is 266 g/mol. The van der Waals surface area contributed by atoms with Crippen LogP contribution in [-0.4, -0.2) is 30.9 Å². The zero-order valence-corrected chi connectivity index (χ0v) is 11.7. The number of nitrogens with zero attached hydrogens (tertiary/aromatic N) is 2. The van der Waals surface area contributed by atoms with Crippen molar-refractivity contribution in [2.75, 3.05) is 12.3 Å². The topological polar surface area (TPSA) is 85.1 Å². The fourth-order valence-corrected chi connectivity index (χ4v) is 4.64. The second-order valence-electron chi connectivity index (χ2n) is 5.34. The van der Waals surface area contributed by atoms with E-state index in [9.17, 15) is 8.42 Å². The molecule has 1 N–H and O–H groups in total. The van der Waals surface area contributed by atoms with Crippen LogP contribution in [0, 0.1) is 0 Å². The lowest BCUT2D eigenvalue weighted by atomic mass is 10.0. The molecule has 0 radical (unpaired) electrons. The summed E-state index contributed by atoms with van der Waals surface area (Å²) in [4.78, 5) is 4.33. The van der Waals surface area contributed by atoms with Crippen LogP contribution < -0.4 is 5.32 Å². The molecule has 1 aromatic heterocycles. The number of sulfone groups is 1. The van der Waals surface area contributed by atoms with E-state index in [1.807, 2.05) is 0 Å². The summed E-state index contributed by atoms with van der Waals surface area (Å²) in [5, 5.41) is 6.71. The van der Waals surface area contributed by atoms with Gasteiger partial charge in [-0.1, -0.05) is 18.0 Å². The Bertz CT molecular complexity index is 534. The number of hydrogen-bond donors (Lipinski definition) is 1. The number of piperidine rings is 1. The molecule has 2 aliphatic rings. The maximum Gasteiger partial charge on any atom is 0.245 e. The van der Waals surface area contributed by atoms with Gasteiger partial charge in [0.25, 0.3) is 0 Å². The monoisotopic (exact) mass is 285 g/mol. The summed E-state index contributed by atoms with van der Waals surface area (Å²) in [6.45, 7) is 0.955. The summed E-state index contributed by atoms with van der Waals surface area (Å²) < 4.78 is 29.3. The Morgan fingerprint density at radius 3 is 2.74 bits per heavy atom. The van der Waals surface area contributed by atoms with E-state index in [1.165, 1.54) is 0 Å². The average molecular weight is 285 g/mol. The largest absolute Gasteiger partial charge is 0.338 e. The molecule has 2 atom stereocenters. The van der Waals surface area contributed by atoms with Crippen molar-refractivity contribution in [3.05, 3.63) is 11.7 Å². The third-order valence-corrected chi connectivity index (χ3v) is 6.10. The van der Waals surface area contributed by atoms with E-state index in [1.54, 1.807) is 0 Å². The molecule has 0 amide bonds. The van der Waals surface area contributed by atoms with Gasteiger partial charge in [-0.2, -0.15) is 4.98 Å². The summed E-state index contributed by atoms with van der Waals surface area (Å²) in [7, 11) is -3.11. The van der Waals surface area contributed by atoms with Crippen molar-refractivity contribution in [3.8, 4) is 0 Å². The van der Waals surface area contributed by atoms with Gasteiger partial charge in [0.2, 0.25) is 5.89 Å². The van der Waals surface area contributed by atoms with E-state index in [2.05, 4.69) is 15.5 Å². The van der Waals surface area contributed by atoms with Crippen molar-refractivity contribution in [2.24, 2.45) is 0 Å². The highest BCUT2D eigenvalue weighted by Crippen LogP contribution is 2.33. The summed E-state index contributed by atoms with van der Waals surface area (Å²) in [6, 6.07) is 0.109. The van der Waals surface area contributed by atoms with Gasteiger partial charge >= 0.3 is 0 Å². The van der Waals surface area contributed by atoms with Crippen LogP contribution in [0.5, 0.6) is 0 Å². The molecule has 106 valence electrons. The number of aromatic nitrogens is 2. The fraction of sp³-hybridized carbons (Fsp3) is 0.833. The second kappa shape index (κ2) is 5.20. The van der Waals surface area contributed by atoms with E-state index in [0.29, 0.717) is 12.2 Å². The summed E-state index contributed by atoms with van der Waals surface area (Å²) in [6.07, 6.45) is 5.53. The first kappa shape index (κ1) is 13.1. The highest BCUT2D eigenvalue weighted by molar-refractivity contribution is 7.91. The Morgan fingerprint density at radius 1 is 1.16 bits per heavy atom. The SMILES string of the molecule is O=S1(=O)CCCCC1c1nc(C2CCCCN2)no1. The van der Waals surface area contributed by atoms with Crippen molar-refractivity contribution in [3.63, 3.8) is 0 Å². The predicted octanol–water partition coefficient (Wildman–Crippen LogP) is 1.52. The van der Waals surface area contributed by atoms with Crippen LogP contribution in [0.1, 0.15) is 61.5 Å². The average Bonchev–Trinajstić information content (AvgIpc) is 2.88. The van der Waals surface area contributed by atoms with Gasteiger partial charge in [0.15, 0.2) is 15.7 Å². The van der Waals surface area contributed by atoms with E-state index in [-0.39, 0.29) is 17.7 Å². The van der Waals surface area contributed by atoms with Crippen molar-refractivity contribution < 1.29 is 12.9 Å². The maximum absolute atomic E-state index is 12.0. The number of hydrogen-bond acceptors (Lipinski definition) is 6. The molecular formula is C12H19N3O3S. The third kappa shape index (κ3) is 2.67. The van der Waals surface area contributed by atoms with Crippen LogP contribution in [-0.2, 0) is 9.84 Å². The Morgan fingerprint density at radius 2 is 2.00 bits per heavy atom. The summed E-state index contributed by atoms with van der Waals surface area (Å²) in [5.41, 5.74) is 0. The molecule has 19 heavy (non-hydrogen) atoms. The van der Waals surface area contributed by atoms with Gasteiger partial charge < -0.3 is 9.84 Å². The van der Waals surface area contributed by atoms with Crippen LogP contribution in [0.25, 0.3) is 0 Å². The van der Waals surface area contributed by atoms with Crippen molar-refractivity contribution in [1.82, 2.24) is 15.5 Å². The van der Waals surface area contributed by atoms with E-state index in [4.69, 9.17) is 4.52 Å². The highest BCUT2D eigenvalue weighted by Gasteiger charge is 2.35. The minimum absolute atomic E-state index is 0.109. The minimum atomic E-state index is -3.11. The van der Waals surface area contributed by atoms with Crippen LogP contribution in [0.4, 0.5) is 0 Å². The quantitative estimate of drug-likeness (QED) is 0.887. The lowest BCUT2D eigenvalue weighted by molar-refractivity contribution is 0.341.